The second-order valence-corrected chi connectivity index (χ2v) is 5.05. The van der Waals surface area contributed by atoms with E-state index in [0.717, 1.165) is 15.8 Å². The second-order valence-electron chi connectivity index (χ2n) is 4.20. The van der Waals surface area contributed by atoms with Crippen LogP contribution in [0.5, 0.6) is 0 Å². The van der Waals surface area contributed by atoms with E-state index in [1.807, 2.05) is 18.2 Å². The highest BCUT2D eigenvalue weighted by atomic mass is 79.9. The van der Waals surface area contributed by atoms with Gasteiger partial charge in [-0.15, -0.1) is 0 Å². The lowest BCUT2D eigenvalue weighted by Crippen LogP contribution is -1.96. The molecule has 1 N–H and O–H groups in total. The number of nitrogens with zero attached hydrogens (tertiary/aromatic N) is 1. The molecule has 18 heavy (non-hydrogen) atoms. The van der Waals surface area contributed by atoms with Gasteiger partial charge in [-0.1, -0.05) is 18.2 Å². The number of nitrogens with one attached hydrogen (secondary N) is 1. The third-order valence-corrected chi connectivity index (χ3v) is 3.50. The number of para-hydroxylation sites is 1. The normalized spacial score (nSPS) is 9.89. The molecule has 3 heteroatoms. The van der Waals surface area contributed by atoms with Crippen molar-refractivity contribution in [3.63, 3.8) is 0 Å². The molecule has 0 saturated carbocycles. The minimum atomic E-state index is 0.647. The Morgan fingerprint density at radius 1 is 1.11 bits per heavy atom. The Morgan fingerprint density at radius 3 is 2.33 bits per heavy atom. The minimum Gasteiger partial charge on any atom is -0.354 e. The van der Waals surface area contributed by atoms with Crippen LogP contribution in [-0.2, 0) is 0 Å². The molecule has 2 aromatic rings. The zero-order chi connectivity index (χ0) is 13.1. The molecule has 0 heterocycles. The first-order valence-corrected chi connectivity index (χ1v) is 6.44. The standard InChI is InChI=1S/C15H13BrN2/c1-10-4-3-5-11(2)15(10)18-14-7-6-12(9-17)8-13(14)16/h3-8,18H,1-2H3. The maximum atomic E-state index is 8.84. The van der Waals surface area contributed by atoms with Crippen molar-refractivity contribution in [3.8, 4) is 6.07 Å². The number of benzene rings is 2. The Hall–Kier alpha value is -1.79. The smallest absolute Gasteiger partial charge is 0.0992 e. The van der Waals surface area contributed by atoms with E-state index in [9.17, 15) is 0 Å². The first kappa shape index (κ1) is 12.7. The van der Waals surface area contributed by atoms with E-state index in [1.165, 1.54) is 11.1 Å². The molecule has 0 radical (unpaired) electrons. The molecule has 0 aliphatic rings. The highest BCUT2D eigenvalue weighted by molar-refractivity contribution is 9.10. The Labute approximate surface area is 115 Å². The maximum absolute atomic E-state index is 8.84. The van der Waals surface area contributed by atoms with Gasteiger partial charge in [-0.25, -0.2) is 0 Å². The molecular weight excluding hydrogens is 288 g/mol. The third-order valence-electron chi connectivity index (χ3n) is 2.84. The average Bonchev–Trinajstić information content (AvgIpc) is 2.35. The average molecular weight is 301 g/mol. The Kier molecular flexibility index (Phi) is 3.69. The molecule has 0 unspecified atom stereocenters. The summed E-state index contributed by atoms with van der Waals surface area (Å²) in [6.07, 6.45) is 0. The molecule has 2 aromatic carbocycles. The molecule has 0 saturated heterocycles. The van der Waals surface area contributed by atoms with E-state index < -0.39 is 0 Å². The van der Waals surface area contributed by atoms with Gasteiger partial charge in [0.05, 0.1) is 17.3 Å². The largest absolute Gasteiger partial charge is 0.354 e. The predicted octanol–water partition coefficient (Wildman–Crippen LogP) is 4.68. The molecule has 2 rings (SSSR count). The van der Waals surface area contributed by atoms with Crippen LogP contribution in [0.2, 0.25) is 0 Å². The fraction of sp³-hybridized carbons (Fsp3) is 0.133. The lowest BCUT2D eigenvalue weighted by Gasteiger charge is -2.14. The van der Waals surface area contributed by atoms with E-state index in [0.29, 0.717) is 5.56 Å². The first-order chi connectivity index (χ1) is 8.61. The number of hydrogen-bond acceptors (Lipinski definition) is 2. The van der Waals surface area contributed by atoms with Gasteiger partial charge in [0.15, 0.2) is 0 Å². The van der Waals surface area contributed by atoms with Gasteiger partial charge in [-0.05, 0) is 59.1 Å². The van der Waals surface area contributed by atoms with Crippen LogP contribution in [0.3, 0.4) is 0 Å². The Balaban J connectivity index is 2.38. The van der Waals surface area contributed by atoms with Gasteiger partial charge in [0.25, 0.3) is 0 Å². The van der Waals surface area contributed by atoms with Crippen molar-refractivity contribution in [1.29, 1.82) is 5.26 Å². The molecule has 0 aromatic heterocycles. The number of hydrogen-bond donors (Lipinski definition) is 1. The van der Waals surface area contributed by atoms with E-state index in [2.05, 4.69) is 53.3 Å². The molecule has 0 spiro atoms. The Morgan fingerprint density at radius 2 is 1.78 bits per heavy atom. The summed E-state index contributed by atoms with van der Waals surface area (Å²) in [5.41, 5.74) is 5.13. The van der Waals surface area contributed by atoms with Crippen LogP contribution in [0.15, 0.2) is 40.9 Å². The number of aryl methyl sites for hydroxylation is 2. The van der Waals surface area contributed by atoms with Gasteiger partial charge >= 0.3 is 0 Å². The van der Waals surface area contributed by atoms with Gasteiger partial charge in [0.1, 0.15) is 0 Å². The highest BCUT2D eigenvalue weighted by Crippen LogP contribution is 2.29. The minimum absolute atomic E-state index is 0.647. The van der Waals surface area contributed by atoms with Crippen LogP contribution in [0.4, 0.5) is 11.4 Å². The molecule has 0 bridgehead atoms. The summed E-state index contributed by atoms with van der Waals surface area (Å²) >= 11 is 3.48. The lowest BCUT2D eigenvalue weighted by atomic mass is 10.1. The summed E-state index contributed by atoms with van der Waals surface area (Å²) in [7, 11) is 0. The van der Waals surface area contributed by atoms with Crippen LogP contribution in [0.25, 0.3) is 0 Å². The number of halogens is 1. The first-order valence-electron chi connectivity index (χ1n) is 5.64. The fourth-order valence-corrected chi connectivity index (χ4v) is 2.31. The molecule has 0 aliphatic heterocycles. The lowest BCUT2D eigenvalue weighted by molar-refractivity contribution is 1.35. The molecule has 2 nitrogen and oxygen atoms in total. The van der Waals surface area contributed by atoms with Crippen LogP contribution < -0.4 is 5.32 Å². The zero-order valence-corrected chi connectivity index (χ0v) is 11.9. The van der Waals surface area contributed by atoms with Gasteiger partial charge in [0.2, 0.25) is 0 Å². The van der Waals surface area contributed by atoms with Crippen molar-refractivity contribution < 1.29 is 0 Å². The van der Waals surface area contributed by atoms with E-state index in [-0.39, 0.29) is 0 Å². The summed E-state index contributed by atoms with van der Waals surface area (Å²) in [4.78, 5) is 0. The topological polar surface area (TPSA) is 35.8 Å². The maximum Gasteiger partial charge on any atom is 0.0992 e. The second kappa shape index (κ2) is 5.24. The van der Waals surface area contributed by atoms with Crippen molar-refractivity contribution in [2.45, 2.75) is 13.8 Å². The number of rotatable bonds is 2. The van der Waals surface area contributed by atoms with Crippen molar-refractivity contribution >= 4 is 27.3 Å². The summed E-state index contributed by atoms with van der Waals surface area (Å²) < 4.78 is 0.893. The van der Waals surface area contributed by atoms with E-state index in [4.69, 9.17) is 5.26 Å². The van der Waals surface area contributed by atoms with Crippen molar-refractivity contribution in [1.82, 2.24) is 0 Å². The van der Waals surface area contributed by atoms with Crippen LogP contribution in [0.1, 0.15) is 16.7 Å². The van der Waals surface area contributed by atoms with Crippen molar-refractivity contribution in [2.24, 2.45) is 0 Å². The van der Waals surface area contributed by atoms with Crippen molar-refractivity contribution in [3.05, 3.63) is 57.6 Å². The summed E-state index contributed by atoms with van der Waals surface area (Å²) in [6.45, 7) is 4.15. The van der Waals surface area contributed by atoms with E-state index in [1.54, 1.807) is 6.07 Å². The monoisotopic (exact) mass is 300 g/mol. The summed E-state index contributed by atoms with van der Waals surface area (Å²) in [6, 6.07) is 13.9. The third kappa shape index (κ3) is 2.55. The van der Waals surface area contributed by atoms with Crippen LogP contribution >= 0.6 is 15.9 Å². The number of nitriles is 1. The fourth-order valence-electron chi connectivity index (χ4n) is 1.83. The predicted molar refractivity (Wildman–Crippen MR) is 78.1 cm³/mol. The van der Waals surface area contributed by atoms with Crippen LogP contribution in [0, 0.1) is 25.2 Å². The zero-order valence-electron chi connectivity index (χ0n) is 10.3. The van der Waals surface area contributed by atoms with Crippen molar-refractivity contribution in [2.75, 3.05) is 5.32 Å². The quantitative estimate of drug-likeness (QED) is 0.874. The van der Waals surface area contributed by atoms with Gasteiger partial charge in [0, 0.05) is 10.2 Å². The number of anilines is 2. The van der Waals surface area contributed by atoms with Gasteiger partial charge in [-0.3, -0.25) is 0 Å². The molecule has 0 fully saturated rings. The molecule has 0 atom stereocenters. The van der Waals surface area contributed by atoms with Crippen LogP contribution in [-0.4, -0.2) is 0 Å². The van der Waals surface area contributed by atoms with E-state index >= 15 is 0 Å². The Bertz CT molecular complexity index is 607. The molecule has 90 valence electrons. The van der Waals surface area contributed by atoms with Gasteiger partial charge in [-0.2, -0.15) is 5.26 Å². The summed E-state index contributed by atoms with van der Waals surface area (Å²) in [5, 5.41) is 12.2. The van der Waals surface area contributed by atoms with Gasteiger partial charge < -0.3 is 5.32 Å². The summed E-state index contributed by atoms with van der Waals surface area (Å²) in [5.74, 6) is 0. The highest BCUT2D eigenvalue weighted by Gasteiger charge is 2.05. The molecular formula is C15H13BrN2. The molecule has 0 amide bonds. The molecule has 0 aliphatic carbocycles. The SMILES string of the molecule is Cc1cccc(C)c1Nc1ccc(C#N)cc1Br.